The minimum Gasteiger partial charge on any atom is -0.326 e. The van der Waals surface area contributed by atoms with Crippen LogP contribution in [0.4, 0.5) is 11.4 Å². The van der Waals surface area contributed by atoms with Gasteiger partial charge in [0.1, 0.15) is 0 Å². The average molecular weight is 487 g/mol. The first-order chi connectivity index (χ1) is 15.7. The van der Waals surface area contributed by atoms with Crippen LogP contribution in [0.3, 0.4) is 0 Å². The van der Waals surface area contributed by atoms with Crippen molar-refractivity contribution < 1.29 is 18.0 Å². The molecule has 4 saturated carbocycles. The highest BCUT2D eigenvalue weighted by molar-refractivity contribution is 7.90. The molecule has 2 amide bonds. The summed E-state index contributed by atoms with van der Waals surface area (Å²) in [4.78, 5) is 25.8. The molecule has 4 bridgehead atoms. The lowest BCUT2D eigenvalue weighted by atomic mass is 9.51. The van der Waals surface area contributed by atoms with E-state index < -0.39 is 15.7 Å². The highest BCUT2D eigenvalue weighted by atomic mass is 35.5. The van der Waals surface area contributed by atoms with Crippen LogP contribution in [-0.4, -0.2) is 26.5 Å². The van der Waals surface area contributed by atoms with E-state index in [1.54, 1.807) is 18.2 Å². The van der Waals surface area contributed by atoms with Crippen molar-refractivity contribution in [2.75, 3.05) is 16.9 Å². The van der Waals surface area contributed by atoms with Gasteiger partial charge < -0.3 is 10.6 Å². The van der Waals surface area contributed by atoms with Crippen molar-refractivity contribution in [2.24, 2.45) is 29.6 Å². The van der Waals surface area contributed by atoms with Gasteiger partial charge in [0.2, 0.25) is 5.91 Å². The Morgan fingerprint density at radius 1 is 0.909 bits per heavy atom. The van der Waals surface area contributed by atoms with Crippen molar-refractivity contribution in [1.29, 1.82) is 0 Å². The van der Waals surface area contributed by atoms with Gasteiger partial charge in [-0.2, -0.15) is 0 Å². The van der Waals surface area contributed by atoms with Crippen LogP contribution >= 0.6 is 11.6 Å². The Balaban J connectivity index is 1.26. The van der Waals surface area contributed by atoms with Crippen molar-refractivity contribution in [3.05, 3.63) is 53.1 Å². The summed E-state index contributed by atoms with van der Waals surface area (Å²) >= 11 is 6.39. The van der Waals surface area contributed by atoms with Crippen LogP contribution in [0, 0.1) is 29.6 Å². The molecule has 0 unspecified atom stereocenters. The standard InChI is InChI=1S/C25H27ClN2O4S/c1-33(31,32)20-4-2-3-16(12-20)24(29)28-22-6-5-19(13-21(22)26)27-25(30)23-17-8-14-7-15(10-17)11-18(23)9-14/h2-6,12-15,17-18,23H,7-11H2,1H3,(H,27,30)(H,28,29). The summed E-state index contributed by atoms with van der Waals surface area (Å²) in [5, 5.41) is 6.05. The van der Waals surface area contributed by atoms with Gasteiger partial charge in [-0.15, -0.1) is 0 Å². The Kier molecular flexibility index (Phi) is 5.73. The molecule has 2 N–H and O–H groups in total. The van der Waals surface area contributed by atoms with Gasteiger partial charge in [-0.25, -0.2) is 8.42 Å². The summed E-state index contributed by atoms with van der Waals surface area (Å²) in [6.07, 6.45) is 7.16. The molecule has 4 aliphatic rings. The number of carbonyl (C=O) groups excluding carboxylic acids is 2. The van der Waals surface area contributed by atoms with Gasteiger partial charge in [-0.1, -0.05) is 17.7 Å². The number of sulfone groups is 1. The molecule has 0 aliphatic heterocycles. The molecule has 174 valence electrons. The second-order valence-corrected chi connectivity index (χ2v) is 12.3. The maximum atomic E-state index is 13.1. The van der Waals surface area contributed by atoms with E-state index in [4.69, 9.17) is 11.6 Å². The Morgan fingerprint density at radius 3 is 2.18 bits per heavy atom. The third-order valence-corrected chi connectivity index (χ3v) is 8.96. The highest BCUT2D eigenvalue weighted by Gasteiger charge is 2.50. The smallest absolute Gasteiger partial charge is 0.255 e. The van der Waals surface area contributed by atoms with Crippen molar-refractivity contribution in [1.82, 2.24) is 0 Å². The average Bonchev–Trinajstić information content (AvgIpc) is 2.74. The Morgan fingerprint density at radius 2 is 1.58 bits per heavy atom. The van der Waals surface area contributed by atoms with Crippen LogP contribution in [0.25, 0.3) is 0 Å². The van der Waals surface area contributed by atoms with Gasteiger partial charge in [0, 0.05) is 23.4 Å². The number of rotatable bonds is 5. The monoisotopic (exact) mass is 486 g/mol. The molecule has 33 heavy (non-hydrogen) atoms. The van der Waals surface area contributed by atoms with Gasteiger partial charge in [-0.05, 0) is 92.2 Å². The van der Waals surface area contributed by atoms with Crippen LogP contribution in [0.5, 0.6) is 0 Å². The number of carbonyl (C=O) groups is 2. The number of anilines is 2. The molecule has 2 aromatic carbocycles. The molecule has 0 aromatic heterocycles. The topological polar surface area (TPSA) is 92.3 Å². The molecular weight excluding hydrogens is 460 g/mol. The molecule has 4 aliphatic carbocycles. The summed E-state index contributed by atoms with van der Waals surface area (Å²) in [5.74, 6) is 2.31. The lowest BCUT2D eigenvalue weighted by Gasteiger charge is -2.53. The molecule has 4 fully saturated rings. The number of hydrogen-bond acceptors (Lipinski definition) is 4. The predicted molar refractivity (Wildman–Crippen MR) is 128 cm³/mol. The minimum absolute atomic E-state index is 0.0732. The van der Waals surface area contributed by atoms with Crippen LogP contribution in [-0.2, 0) is 14.6 Å². The molecular formula is C25H27ClN2O4S. The first-order valence-electron chi connectivity index (χ1n) is 11.4. The normalized spacial score (nSPS) is 27.9. The molecule has 0 heterocycles. The third-order valence-electron chi connectivity index (χ3n) is 7.54. The van der Waals surface area contributed by atoms with Crippen molar-refractivity contribution in [3.8, 4) is 0 Å². The van der Waals surface area contributed by atoms with Gasteiger partial charge in [0.15, 0.2) is 9.84 Å². The summed E-state index contributed by atoms with van der Waals surface area (Å²) in [6, 6.07) is 10.8. The van der Waals surface area contributed by atoms with Crippen LogP contribution in [0.15, 0.2) is 47.4 Å². The zero-order valence-electron chi connectivity index (χ0n) is 18.4. The molecule has 0 saturated heterocycles. The quantitative estimate of drug-likeness (QED) is 0.621. The number of amides is 2. The Labute approximate surface area is 199 Å². The number of nitrogens with one attached hydrogen (secondary N) is 2. The minimum atomic E-state index is -3.42. The van der Waals surface area contributed by atoms with Crippen molar-refractivity contribution >= 4 is 44.6 Å². The van der Waals surface area contributed by atoms with E-state index in [2.05, 4.69) is 10.6 Å². The summed E-state index contributed by atoms with van der Waals surface area (Å²) in [6.45, 7) is 0. The lowest BCUT2D eigenvalue weighted by Crippen LogP contribution is -2.49. The zero-order chi connectivity index (χ0) is 23.3. The first kappa shape index (κ1) is 22.4. The van der Waals surface area contributed by atoms with Gasteiger partial charge in [-0.3, -0.25) is 9.59 Å². The fraction of sp³-hybridized carbons (Fsp3) is 0.440. The van der Waals surface area contributed by atoms with E-state index in [1.807, 2.05) is 0 Å². The molecule has 0 radical (unpaired) electrons. The predicted octanol–water partition coefficient (Wildman–Crippen LogP) is 5.01. The van der Waals surface area contributed by atoms with Gasteiger partial charge >= 0.3 is 0 Å². The van der Waals surface area contributed by atoms with Crippen molar-refractivity contribution in [3.63, 3.8) is 0 Å². The van der Waals surface area contributed by atoms with Crippen LogP contribution < -0.4 is 10.6 Å². The SMILES string of the molecule is CS(=O)(=O)c1cccc(C(=O)Nc2ccc(NC(=O)C3C4CC5CC(C4)CC3C5)cc2Cl)c1. The summed E-state index contributed by atoms with van der Waals surface area (Å²) < 4.78 is 23.5. The summed E-state index contributed by atoms with van der Waals surface area (Å²) in [5.41, 5.74) is 1.21. The Bertz CT molecular complexity index is 1200. The number of halogens is 1. The Hall–Kier alpha value is -2.38. The largest absolute Gasteiger partial charge is 0.326 e. The second-order valence-electron chi connectivity index (χ2n) is 9.89. The maximum Gasteiger partial charge on any atom is 0.255 e. The first-order valence-corrected chi connectivity index (χ1v) is 13.7. The third kappa shape index (κ3) is 4.53. The maximum absolute atomic E-state index is 13.1. The van der Waals surface area contributed by atoms with Crippen molar-refractivity contribution in [2.45, 2.75) is 37.0 Å². The van der Waals surface area contributed by atoms with E-state index in [0.29, 0.717) is 28.2 Å². The van der Waals surface area contributed by atoms with E-state index in [9.17, 15) is 18.0 Å². The molecule has 8 heteroatoms. The molecule has 6 nitrogen and oxygen atoms in total. The molecule has 6 rings (SSSR count). The van der Waals surface area contributed by atoms with Gasteiger partial charge in [0.05, 0.1) is 15.6 Å². The van der Waals surface area contributed by atoms with E-state index in [-0.39, 0.29) is 22.3 Å². The fourth-order valence-corrected chi connectivity index (χ4v) is 7.23. The van der Waals surface area contributed by atoms with Crippen LogP contribution in [0.1, 0.15) is 42.5 Å². The fourth-order valence-electron chi connectivity index (χ4n) is 6.34. The van der Waals surface area contributed by atoms with Gasteiger partial charge in [0.25, 0.3) is 5.91 Å². The highest BCUT2D eigenvalue weighted by Crippen LogP contribution is 2.56. The molecule has 0 spiro atoms. The zero-order valence-corrected chi connectivity index (χ0v) is 20.0. The van der Waals surface area contributed by atoms with E-state index in [0.717, 1.165) is 18.1 Å². The number of hydrogen-bond donors (Lipinski definition) is 2. The molecule has 0 atom stereocenters. The summed E-state index contributed by atoms with van der Waals surface area (Å²) in [7, 11) is -3.42. The molecule has 2 aromatic rings. The van der Waals surface area contributed by atoms with E-state index >= 15 is 0 Å². The van der Waals surface area contributed by atoms with E-state index in [1.165, 1.54) is 56.4 Å². The van der Waals surface area contributed by atoms with Crippen LogP contribution in [0.2, 0.25) is 5.02 Å². The number of benzene rings is 2. The second kappa shape index (κ2) is 8.44. The lowest BCUT2D eigenvalue weighted by molar-refractivity contribution is -0.132.